The van der Waals surface area contributed by atoms with Crippen LogP contribution in [0.5, 0.6) is 0 Å². The summed E-state index contributed by atoms with van der Waals surface area (Å²) in [5.74, 6) is 0.481. The van der Waals surface area contributed by atoms with Crippen molar-refractivity contribution in [1.82, 2.24) is 9.97 Å². The fourth-order valence-corrected chi connectivity index (χ4v) is 3.01. The Kier molecular flexibility index (Phi) is 2.75. The van der Waals surface area contributed by atoms with E-state index >= 15 is 0 Å². The van der Waals surface area contributed by atoms with Crippen LogP contribution in [0.15, 0.2) is 5.38 Å². The molecule has 0 radical (unpaired) electrons. The quantitative estimate of drug-likeness (QED) is 0.875. The number of anilines is 1. The molecule has 5 heteroatoms. The van der Waals surface area contributed by atoms with E-state index in [0.29, 0.717) is 11.0 Å². The van der Waals surface area contributed by atoms with Crippen molar-refractivity contribution in [3.8, 4) is 10.6 Å². The van der Waals surface area contributed by atoms with E-state index in [2.05, 4.69) is 29.2 Å². The van der Waals surface area contributed by atoms with E-state index in [9.17, 15) is 0 Å². The number of thiazole rings is 2. The van der Waals surface area contributed by atoms with E-state index in [1.807, 2.05) is 6.92 Å². The Labute approximate surface area is 97.0 Å². The van der Waals surface area contributed by atoms with E-state index in [0.717, 1.165) is 21.3 Å². The molecule has 2 N–H and O–H groups in total. The smallest absolute Gasteiger partial charge is 0.180 e. The maximum absolute atomic E-state index is 5.67. The van der Waals surface area contributed by atoms with Gasteiger partial charge in [0.15, 0.2) is 5.13 Å². The number of nitrogens with zero attached hydrogens (tertiary/aromatic N) is 2. The summed E-state index contributed by atoms with van der Waals surface area (Å²) in [5.41, 5.74) is 7.65. The van der Waals surface area contributed by atoms with Crippen molar-refractivity contribution >= 4 is 27.8 Å². The van der Waals surface area contributed by atoms with Crippen LogP contribution in [-0.2, 0) is 0 Å². The number of aryl methyl sites for hydroxylation is 1. The molecule has 2 heterocycles. The fraction of sp³-hybridized carbons (Fsp3) is 0.400. The molecule has 0 saturated carbocycles. The Bertz CT molecular complexity index is 471. The number of hydrogen-bond acceptors (Lipinski definition) is 5. The molecule has 0 atom stereocenters. The van der Waals surface area contributed by atoms with Crippen LogP contribution >= 0.6 is 22.7 Å². The van der Waals surface area contributed by atoms with Crippen molar-refractivity contribution in [1.29, 1.82) is 0 Å². The number of hydrogen-bond donors (Lipinski definition) is 1. The minimum absolute atomic E-state index is 0.481. The van der Waals surface area contributed by atoms with Gasteiger partial charge in [0.25, 0.3) is 0 Å². The maximum Gasteiger partial charge on any atom is 0.180 e. The molecule has 0 aliphatic rings. The van der Waals surface area contributed by atoms with Gasteiger partial charge in [-0.1, -0.05) is 25.2 Å². The third-order valence-corrected chi connectivity index (χ3v) is 4.22. The van der Waals surface area contributed by atoms with E-state index < -0.39 is 0 Å². The summed E-state index contributed by atoms with van der Waals surface area (Å²) in [4.78, 5) is 9.88. The van der Waals surface area contributed by atoms with Gasteiger partial charge in [-0.2, -0.15) is 0 Å². The number of nitrogens with two attached hydrogens (primary N) is 1. The Balaban J connectivity index is 2.41. The Morgan fingerprint density at radius 3 is 2.53 bits per heavy atom. The maximum atomic E-state index is 5.67. The normalized spacial score (nSPS) is 11.2. The third kappa shape index (κ3) is 2.03. The predicted octanol–water partition coefficient (Wildman–Crippen LogP) is 3.28. The molecule has 0 amide bonds. The zero-order valence-corrected chi connectivity index (χ0v) is 10.6. The molecule has 3 nitrogen and oxygen atoms in total. The number of nitrogen functional groups attached to an aromatic ring is 1. The summed E-state index contributed by atoms with van der Waals surface area (Å²) in [7, 11) is 0. The summed E-state index contributed by atoms with van der Waals surface area (Å²) in [5, 5.41) is 3.85. The largest absolute Gasteiger partial charge is 0.375 e. The zero-order valence-electron chi connectivity index (χ0n) is 8.94. The Morgan fingerprint density at radius 1 is 1.33 bits per heavy atom. The first kappa shape index (κ1) is 10.6. The zero-order chi connectivity index (χ0) is 11.0. The molecular formula is C10H13N3S2. The van der Waals surface area contributed by atoms with Crippen LogP contribution < -0.4 is 5.73 Å². The van der Waals surface area contributed by atoms with Gasteiger partial charge in [-0.15, -0.1) is 11.3 Å². The van der Waals surface area contributed by atoms with E-state index in [1.54, 1.807) is 11.3 Å². The molecule has 2 aromatic heterocycles. The number of rotatable bonds is 2. The van der Waals surface area contributed by atoms with Crippen molar-refractivity contribution in [2.75, 3.05) is 5.73 Å². The Morgan fingerprint density at radius 2 is 2.07 bits per heavy atom. The second-order valence-corrected chi connectivity index (χ2v) is 5.61. The van der Waals surface area contributed by atoms with Gasteiger partial charge in [0.1, 0.15) is 0 Å². The van der Waals surface area contributed by atoms with Gasteiger partial charge in [0.2, 0.25) is 0 Å². The van der Waals surface area contributed by atoms with Crippen LogP contribution in [0.25, 0.3) is 10.6 Å². The van der Waals surface area contributed by atoms with Crippen molar-refractivity contribution in [2.45, 2.75) is 26.7 Å². The molecular weight excluding hydrogens is 226 g/mol. The van der Waals surface area contributed by atoms with Crippen LogP contribution in [-0.4, -0.2) is 9.97 Å². The second-order valence-electron chi connectivity index (χ2n) is 3.69. The lowest BCUT2D eigenvalue weighted by molar-refractivity contribution is 0.854. The first-order valence-electron chi connectivity index (χ1n) is 4.76. The highest BCUT2D eigenvalue weighted by Gasteiger charge is 2.12. The van der Waals surface area contributed by atoms with Crippen molar-refractivity contribution in [3.63, 3.8) is 0 Å². The predicted molar refractivity (Wildman–Crippen MR) is 66.5 cm³/mol. The molecule has 2 rings (SSSR count). The van der Waals surface area contributed by atoms with Crippen LogP contribution in [0.1, 0.15) is 30.5 Å². The molecule has 0 aromatic carbocycles. The first-order valence-corrected chi connectivity index (χ1v) is 6.46. The van der Waals surface area contributed by atoms with Crippen molar-refractivity contribution in [3.05, 3.63) is 16.1 Å². The highest BCUT2D eigenvalue weighted by Crippen LogP contribution is 2.33. The van der Waals surface area contributed by atoms with Gasteiger partial charge in [-0.25, -0.2) is 9.97 Å². The molecule has 0 bridgehead atoms. The summed E-state index contributed by atoms with van der Waals surface area (Å²) in [6.07, 6.45) is 0. The third-order valence-electron chi connectivity index (χ3n) is 2.06. The standard InChI is InChI=1S/C10H13N3S2/c1-5(2)9-13-7(4-14-9)8-6(3)12-10(11)15-8/h4-5H,1-3H3,(H2,11,12). The average molecular weight is 239 g/mol. The molecule has 0 unspecified atom stereocenters. The second kappa shape index (κ2) is 3.90. The van der Waals surface area contributed by atoms with Gasteiger partial charge >= 0.3 is 0 Å². The summed E-state index contributed by atoms with van der Waals surface area (Å²) in [6.45, 7) is 6.27. The molecule has 0 fully saturated rings. The Hall–Kier alpha value is -0.940. The van der Waals surface area contributed by atoms with Crippen LogP contribution in [0.2, 0.25) is 0 Å². The fourth-order valence-electron chi connectivity index (χ4n) is 1.31. The van der Waals surface area contributed by atoms with Gasteiger partial charge in [-0.05, 0) is 6.92 Å². The van der Waals surface area contributed by atoms with Crippen LogP contribution in [0.3, 0.4) is 0 Å². The molecule has 0 spiro atoms. The lowest BCUT2D eigenvalue weighted by atomic mass is 10.2. The van der Waals surface area contributed by atoms with Crippen molar-refractivity contribution in [2.24, 2.45) is 0 Å². The monoisotopic (exact) mass is 239 g/mol. The first-order chi connectivity index (χ1) is 7.08. The minimum atomic E-state index is 0.481. The highest BCUT2D eigenvalue weighted by molar-refractivity contribution is 7.19. The number of aromatic nitrogens is 2. The molecule has 2 aromatic rings. The van der Waals surface area contributed by atoms with Gasteiger partial charge in [-0.3, -0.25) is 0 Å². The minimum Gasteiger partial charge on any atom is -0.375 e. The van der Waals surface area contributed by atoms with Crippen LogP contribution in [0, 0.1) is 6.92 Å². The molecule has 15 heavy (non-hydrogen) atoms. The van der Waals surface area contributed by atoms with E-state index in [4.69, 9.17) is 5.73 Å². The molecule has 80 valence electrons. The van der Waals surface area contributed by atoms with Gasteiger partial charge < -0.3 is 5.73 Å². The summed E-state index contributed by atoms with van der Waals surface area (Å²) >= 11 is 3.20. The van der Waals surface area contributed by atoms with Gasteiger partial charge in [0, 0.05) is 11.3 Å². The van der Waals surface area contributed by atoms with Crippen LogP contribution in [0.4, 0.5) is 5.13 Å². The highest BCUT2D eigenvalue weighted by atomic mass is 32.1. The van der Waals surface area contributed by atoms with E-state index in [-0.39, 0.29) is 0 Å². The lowest BCUT2D eigenvalue weighted by Crippen LogP contribution is -1.85. The van der Waals surface area contributed by atoms with Crippen molar-refractivity contribution < 1.29 is 0 Å². The molecule has 0 aliphatic carbocycles. The molecule has 0 aliphatic heterocycles. The summed E-state index contributed by atoms with van der Waals surface area (Å²) in [6, 6.07) is 0. The van der Waals surface area contributed by atoms with Gasteiger partial charge in [0.05, 0.1) is 21.3 Å². The average Bonchev–Trinajstić information content (AvgIpc) is 2.71. The summed E-state index contributed by atoms with van der Waals surface area (Å²) < 4.78 is 0. The SMILES string of the molecule is Cc1nc(N)sc1-c1csc(C(C)C)n1. The molecule has 0 saturated heterocycles. The van der Waals surface area contributed by atoms with E-state index in [1.165, 1.54) is 11.3 Å². The topological polar surface area (TPSA) is 51.8 Å². The lowest BCUT2D eigenvalue weighted by Gasteiger charge is -1.96.